The van der Waals surface area contributed by atoms with E-state index >= 15 is 0 Å². The molecule has 3 N–H and O–H groups in total. The van der Waals surface area contributed by atoms with Crippen LogP contribution in [0.1, 0.15) is 64.3 Å². The predicted molar refractivity (Wildman–Crippen MR) is 149 cm³/mol. The van der Waals surface area contributed by atoms with Crippen LogP contribution in [0.4, 0.5) is 0 Å². The highest BCUT2D eigenvalue weighted by molar-refractivity contribution is 9.09. The van der Waals surface area contributed by atoms with Crippen LogP contribution >= 0.6 is 27.3 Å². The first kappa shape index (κ1) is 29.3. The molecule has 1 fully saturated rings. The molecule has 2 aromatic rings. The minimum Gasteiger partial charge on any atom is -0.391 e. The number of hydrogen-bond acceptors (Lipinski definition) is 6. The number of aliphatic hydroxyl groups excluding tert-OH is 1. The van der Waals surface area contributed by atoms with Crippen molar-refractivity contribution in [3.8, 4) is 10.4 Å². The number of thiazole rings is 1. The molecule has 1 aromatic heterocycles. The average Bonchev–Trinajstić information content (AvgIpc) is 3.45. The topological polar surface area (TPSA) is 112 Å². The molecular weight excluding hydrogens is 556 g/mol. The molecule has 0 spiro atoms. The first-order chi connectivity index (χ1) is 17.4. The fourth-order valence-electron chi connectivity index (χ4n) is 4.48. The van der Waals surface area contributed by atoms with E-state index in [0.717, 1.165) is 21.7 Å². The van der Waals surface area contributed by atoms with Gasteiger partial charge in [-0.15, -0.1) is 11.3 Å². The van der Waals surface area contributed by atoms with Crippen LogP contribution in [0, 0.1) is 12.3 Å². The second-order valence-electron chi connectivity index (χ2n) is 10.7. The highest BCUT2D eigenvalue weighted by Gasteiger charge is 2.44. The van der Waals surface area contributed by atoms with Gasteiger partial charge in [-0.2, -0.15) is 0 Å². The van der Waals surface area contributed by atoms with Gasteiger partial charge in [0.2, 0.25) is 17.7 Å². The van der Waals surface area contributed by atoms with E-state index < -0.39 is 23.6 Å². The maximum absolute atomic E-state index is 13.6. The molecular formula is C27H37BrN4O4S. The van der Waals surface area contributed by atoms with Crippen molar-refractivity contribution in [2.45, 2.75) is 78.1 Å². The molecule has 0 radical (unpaired) electrons. The molecule has 37 heavy (non-hydrogen) atoms. The molecule has 4 atom stereocenters. The lowest BCUT2D eigenvalue weighted by Gasteiger charge is -2.35. The Hall–Kier alpha value is -2.30. The number of likely N-dealkylation sites (tertiary alicyclic amines) is 1. The molecule has 8 nitrogen and oxygen atoms in total. The molecule has 202 valence electrons. The van der Waals surface area contributed by atoms with Gasteiger partial charge < -0.3 is 20.6 Å². The minimum absolute atomic E-state index is 0.0536. The summed E-state index contributed by atoms with van der Waals surface area (Å²) in [5, 5.41) is 16.9. The van der Waals surface area contributed by atoms with Crippen molar-refractivity contribution in [2.24, 2.45) is 5.41 Å². The molecule has 2 heterocycles. The van der Waals surface area contributed by atoms with Gasteiger partial charge in [0.25, 0.3) is 0 Å². The molecule has 4 unspecified atom stereocenters. The smallest absolute Gasteiger partial charge is 0.246 e. The van der Waals surface area contributed by atoms with Gasteiger partial charge in [-0.1, -0.05) is 61.0 Å². The van der Waals surface area contributed by atoms with E-state index in [1.165, 1.54) is 4.90 Å². The number of alkyl halides is 1. The molecule has 0 bridgehead atoms. The van der Waals surface area contributed by atoms with Gasteiger partial charge in [-0.05, 0) is 36.8 Å². The van der Waals surface area contributed by atoms with Gasteiger partial charge in [0.05, 0.1) is 28.2 Å². The summed E-state index contributed by atoms with van der Waals surface area (Å²) in [5.74, 6) is -0.884. The third-order valence-electron chi connectivity index (χ3n) is 6.60. The highest BCUT2D eigenvalue weighted by Crippen LogP contribution is 2.29. The van der Waals surface area contributed by atoms with Crippen LogP contribution in [0.5, 0.6) is 0 Å². The fourth-order valence-corrected chi connectivity index (χ4v) is 5.57. The van der Waals surface area contributed by atoms with E-state index in [1.54, 1.807) is 11.3 Å². The van der Waals surface area contributed by atoms with Gasteiger partial charge in [0.1, 0.15) is 12.1 Å². The van der Waals surface area contributed by atoms with Gasteiger partial charge in [-0.3, -0.25) is 14.4 Å². The first-order valence-corrected chi connectivity index (χ1v) is 14.6. The van der Waals surface area contributed by atoms with Crippen molar-refractivity contribution < 1.29 is 19.5 Å². The van der Waals surface area contributed by atoms with Crippen molar-refractivity contribution in [3.63, 3.8) is 0 Å². The molecule has 1 aliphatic heterocycles. The van der Waals surface area contributed by atoms with Gasteiger partial charge in [0.15, 0.2) is 0 Å². The number of aliphatic hydroxyl groups is 1. The Bertz CT molecular complexity index is 1100. The number of amides is 3. The Kier molecular flexibility index (Phi) is 9.88. The molecule has 1 aliphatic rings. The van der Waals surface area contributed by atoms with Gasteiger partial charge in [0, 0.05) is 24.7 Å². The van der Waals surface area contributed by atoms with E-state index in [1.807, 2.05) is 64.4 Å². The molecule has 0 aliphatic carbocycles. The molecule has 1 aromatic carbocycles. The van der Waals surface area contributed by atoms with Crippen LogP contribution < -0.4 is 10.6 Å². The highest BCUT2D eigenvalue weighted by atomic mass is 79.9. The number of halogens is 1. The maximum atomic E-state index is 13.6. The largest absolute Gasteiger partial charge is 0.391 e. The van der Waals surface area contributed by atoms with Crippen molar-refractivity contribution in [1.29, 1.82) is 0 Å². The maximum Gasteiger partial charge on any atom is 0.246 e. The lowest BCUT2D eigenvalue weighted by molar-refractivity contribution is -0.144. The number of β-amino-alcohol motifs (C(OH)–C–C–N with tert-alkyl or cyclic N) is 1. The quantitative estimate of drug-likeness (QED) is 0.381. The number of nitrogens with one attached hydrogen (secondary N) is 2. The molecule has 0 saturated carbocycles. The predicted octanol–water partition coefficient (Wildman–Crippen LogP) is 3.96. The SMILES string of the molecule is Cc1ncsc1-c1ccc(C(C)NC(=O)C2CC(O)CN2C(=O)C(NC(=O)CCCBr)C(C)(C)C)cc1. The summed E-state index contributed by atoms with van der Waals surface area (Å²) in [7, 11) is 0. The Balaban J connectivity index is 1.71. The van der Waals surface area contributed by atoms with Gasteiger partial charge in [-0.25, -0.2) is 4.98 Å². The van der Waals surface area contributed by atoms with E-state index in [-0.39, 0.29) is 36.7 Å². The number of benzene rings is 1. The Morgan fingerprint density at radius 2 is 1.89 bits per heavy atom. The van der Waals surface area contributed by atoms with Gasteiger partial charge >= 0.3 is 0 Å². The van der Waals surface area contributed by atoms with Crippen molar-refractivity contribution in [3.05, 3.63) is 41.0 Å². The van der Waals surface area contributed by atoms with Crippen LogP contribution in [0.3, 0.4) is 0 Å². The van der Waals surface area contributed by atoms with Crippen molar-refractivity contribution in [2.75, 3.05) is 11.9 Å². The summed E-state index contributed by atoms with van der Waals surface area (Å²) in [6.45, 7) is 9.55. The molecule has 3 rings (SSSR count). The first-order valence-electron chi connectivity index (χ1n) is 12.6. The monoisotopic (exact) mass is 592 g/mol. The number of nitrogens with zero attached hydrogens (tertiary/aromatic N) is 2. The van der Waals surface area contributed by atoms with E-state index in [0.29, 0.717) is 18.2 Å². The average molecular weight is 594 g/mol. The second-order valence-corrected chi connectivity index (χ2v) is 12.3. The fraction of sp³-hybridized carbons (Fsp3) is 0.556. The standard InChI is InChI=1S/C27H37BrN4O4S/c1-16(18-8-10-19(11-9-18)23-17(2)29-15-37-23)30-25(35)21-13-20(33)14-32(21)26(36)24(27(3,4)5)31-22(34)7-6-12-28/h8-11,15-16,20-21,24,33H,6-7,12-14H2,1-5H3,(H,30,35)(H,31,34). The third-order valence-corrected chi connectivity index (χ3v) is 8.14. The van der Waals surface area contributed by atoms with Crippen LogP contribution in [0.2, 0.25) is 0 Å². The summed E-state index contributed by atoms with van der Waals surface area (Å²) in [6.07, 6.45) is 0.313. The summed E-state index contributed by atoms with van der Waals surface area (Å²) >= 11 is 4.91. The van der Waals surface area contributed by atoms with Crippen molar-refractivity contribution >= 4 is 45.0 Å². The lowest BCUT2D eigenvalue weighted by Crippen LogP contribution is -2.57. The zero-order chi connectivity index (χ0) is 27.3. The van der Waals surface area contributed by atoms with E-state index in [2.05, 4.69) is 31.5 Å². The number of rotatable bonds is 9. The normalized spacial score (nSPS) is 19.4. The molecule has 3 amide bonds. The summed E-state index contributed by atoms with van der Waals surface area (Å²) in [6, 6.07) is 6.07. The number of carbonyl (C=O) groups is 3. The summed E-state index contributed by atoms with van der Waals surface area (Å²) in [5.41, 5.74) is 4.24. The number of hydrogen-bond donors (Lipinski definition) is 3. The summed E-state index contributed by atoms with van der Waals surface area (Å²) < 4.78 is 0. The number of aryl methyl sites for hydroxylation is 1. The van der Waals surface area contributed by atoms with E-state index in [4.69, 9.17) is 0 Å². The van der Waals surface area contributed by atoms with Crippen molar-refractivity contribution in [1.82, 2.24) is 20.5 Å². The van der Waals surface area contributed by atoms with Crippen LogP contribution in [0.15, 0.2) is 29.8 Å². The van der Waals surface area contributed by atoms with Crippen LogP contribution in [0.25, 0.3) is 10.4 Å². The number of aromatic nitrogens is 1. The zero-order valence-corrected chi connectivity index (χ0v) is 24.5. The van der Waals surface area contributed by atoms with E-state index in [9.17, 15) is 19.5 Å². The van der Waals surface area contributed by atoms with Crippen LogP contribution in [-0.2, 0) is 14.4 Å². The number of carbonyl (C=O) groups excluding carboxylic acids is 3. The zero-order valence-electron chi connectivity index (χ0n) is 22.1. The Morgan fingerprint density at radius 3 is 2.46 bits per heavy atom. The molecule has 1 saturated heterocycles. The minimum atomic E-state index is -0.812. The Labute approximate surface area is 231 Å². The second kappa shape index (κ2) is 12.5. The van der Waals surface area contributed by atoms with Crippen LogP contribution in [-0.4, -0.2) is 62.8 Å². The lowest BCUT2D eigenvalue weighted by atomic mass is 9.85. The Morgan fingerprint density at radius 1 is 1.22 bits per heavy atom. The third kappa shape index (κ3) is 7.39. The molecule has 10 heteroatoms. The summed E-state index contributed by atoms with van der Waals surface area (Å²) in [4.78, 5) is 46.2.